The molecule has 8 heteroatoms. The van der Waals surface area contributed by atoms with E-state index in [-0.39, 0.29) is 11.3 Å². The Balaban J connectivity index is 1.71. The zero-order chi connectivity index (χ0) is 25.5. The third-order valence-electron chi connectivity index (χ3n) is 6.45. The highest BCUT2D eigenvalue weighted by molar-refractivity contribution is 6.46. The van der Waals surface area contributed by atoms with Gasteiger partial charge in [0.1, 0.15) is 5.76 Å². The lowest BCUT2D eigenvalue weighted by Gasteiger charge is -2.29. The maximum absolute atomic E-state index is 13.3. The first-order valence-corrected chi connectivity index (χ1v) is 12.6. The Labute approximate surface area is 212 Å². The second-order valence-electron chi connectivity index (χ2n) is 8.74. The second-order valence-corrected chi connectivity index (χ2v) is 8.74. The Morgan fingerprint density at radius 3 is 2.36 bits per heavy atom. The molecule has 0 aliphatic carbocycles. The zero-order valence-corrected chi connectivity index (χ0v) is 20.9. The molecule has 0 bridgehead atoms. The molecule has 36 heavy (non-hydrogen) atoms. The molecule has 2 aliphatic heterocycles. The van der Waals surface area contributed by atoms with Crippen molar-refractivity contribution in [3.05, 3.63) is 65.2 Å². The number of benzene rings is 2. The molecule has 1 atom stereocenters. The number of amides is 1. The fourth-order valence-electron chi connectivity index (χ4n) is 4.74. The van der Waals surface area contributed by atoms with E-state index >= 15 is 0 Å². The third-order valence-corrected chi connectivity index (χ3v) is 6.45. The maximum Gasteiger partial charge on any atom is 0.295 e. The molecule has 2 aromatic carbocycles. The molecule has 8 nitrogen and oxygen atoms in total. The molecule has 0 spiro atoms. The van der Waals surface area contributed by atoms with Crippen molar-refractivity contribution in [2.24, 2.45) is 0 Å². The van der Waals surface area contributed by atoms with Gasteiger partial charge in [-0.3, -0.25) is 14.5 Å². The summed E-state index contributed by atoms with van der Waals surface area (Å²) in [7, 11) is 0. The number of hydrogen-bond donors (Lipinski definition) is 1. The quantitative estimate of drug-likeness (QED) is 0.307. The summed E-state index contributed by atoms with van der Waals surface area (Å²) in [6, 6.07) is 13.5. The SMILES string of the molecule is CCOc1ccc([C@H]2/C(=C(\O)c3ccccc3)C(=O)C(=O)N2CCCN2CCOCC2)cc1OCC. The van der Waals surface area contributed by atoms with Crippen LogP contribution in [-0.2, 0) is 14.3 Å². The van der Waals surface area contributed by atoms with Crippen LogP contribution in [0.1, 0.15) is 37.4 Å². The molecule has 0 saturated carbocycles. The Hall–Kier alpha value is -3.36. The number of ether oxygens (including phenoxy) is 3. The van der Waals surface area contributed by atoms with Gasteiger partial charge in [-0.2, -0.15) is 0 Å². The van der Waals surface area contributed by atoms with Crippen molar-refractivity contribution in [2.45, 2.75) is 26.3 Å². The van der Waals surface area contributed by atoms with Crippen molar-refractivity contribution in [3.8, 4) is 11.5 Å². The van der Waals surface area contributed by atoms with E-state index in [2.05, 4.69) is 4.90 Å². The Kier molecular flexibility index (Phi) is 8.61. The number of aliphatic hydroxyl groups excluding tert-OH is 1. The zero-order valence-electron chi connectivity index (χ0n) is 20.9. The van der Waals surface area contributed by atoms with Crippen LogP contribution in [0, 0.1) is 0 Å². The molecule has 1 amide bonds. The molecule has 2 aliphatic rings. The molecule has 0 radical (unpaired) electrons. The van der Waals surface area contributed by atoms with Crippen molar-refractivity contribution < 1.29 is 28.9 Å². The Morgan fingerprint density at radius 2 is 1.67 bits per heavy atom. The number of hydrogen-bond acceptors (Lipinski definition) is 7. The number of carbonyl (C=O) groups is 2. The van der Waals surface area contributed by atoms with Gasteiger partial charge in [0, 0.05) is 31.7 Å². The van der Waals surface area contributed by atoms with Crippen LogP contribution in [0.3, 0.4) is 0 Å². The summed E-state index contributed by atoms with van der Waals surface area (Å²) in [5.74, 6) is -0.335. The van der Waals surface area contributed by atoms with Crippen molar-refractivity contribution in [1.29, 1.82) is 0 Å². The Morgan fingerprint density at radius 1 is 0.972 bits per heavy atom. The second kappa shape index (κ2) is 12.1. The van der Waals surface area contributed by atoms with E-state index in [0.717, 1.165) is 19.6 Å². The van der Waals surface area contributed by atoms with Gasteiger partial charge in [-0.05, 0) is 38.0 Å². The molecular formula is C28H34N2O6. The average molecular weight is 495 g/mol. The number of Topliss-reactive ketones (excluding diaryl/α,β-unsaturated/α-hetero) is 1. The van der Waals surface area contributed by atoms with Gasteiger partial charge in [0.25, 0.3) is 11.7 Å². The summed E-state index contributed by atoms with van der Waals surface area (Å²) in [6.45, 7) is 8.99. The van der Waals surface area contributed by atoms with Gasteiger partial charge in [-0.1, -0.05) is 36.4 Å². The van der Waals surface area contributed by atoms with Gasteiger partial charge in [0.15, 0.2) is 11.5 Å². The Bertz CT molecular complexity index is 1090. The fourth-order valence-corrected chi connectivity index (χ4v) is 4.74. The first-order valence-electron chi connectivity index (χ1n) is 12.6. The minimum absolute atomic E-state index is 0.0872. The number of likely N-dealkylation sites (tertiary alicyclic amines) is 1. The molecule has 2 saturated heterocycles. The summed E-state index contributed by atoms with van der Waals surface area (Å²) in [5, 5.41) is 11.2. The summed E-state index contributed by atoms with van der Waals surface area (Å²) >= 11 is 0. The minimum Gasteiger partial charge on any atom is -0.507 e. The lowest BCUT2D eigenvalue weighted by atomic mass is 9.95. The standard InChI is InChI=1S/C28H34N2O6/c1-3-35-22-12-11-21(19-23(22)36-4-2)25-24(26(31)20-9-6-5-7-10-20)27(32)28(33)30(25)14-8-13-29-15-17-34-18-16-29/h5-7,9-12,19,25,31H,3-4,8,13-18H2,1-2H3/b26-24+/t25-/m0/s1. The first kappa shape index (κ1) is 25.7. The summed E-state index contributed by atoms with van der Waals surface area (Å²) in [6.07, 6.45) is 0.699. The number of aliphatic hydroxyl groups is 1. The van der Waals surface area contributed by atoms with Gasteiger partial charge >= 0.3 is 0 Å². The fraction of sp³-hybridized carbons (Fsp3) is 0.429. The monoisotopic (exact) mass is 494 g/mol. The largest absolute Gasteiger partial charge is 0.507 e. The molecule has 1 N–H and O–H groups in total. The van der Waals surface area contributed by atoms with Gasteiger partial charge in [-0.25, -0.2) is 0 Å². The van der Waals surface area contributed by atoms with E-state index in [1.165, 1.54) is 0 Å². The number of rotatable bonds is 10. The van der Waals surface area contributed by atoms with E-state index < -0.39 is 17.7 Å². The smallest absolute Gasteiger partial charge is 0.295 e. The van der Waals surface area contributed by atoms with Crippen LogP contribution in [-0.4, -0.2) is 79.2 Å². The number of carbonyl (C=O) groups excluding carboxylic acids is 2. The normalized spacial score (nSPS) is 20.1. The minimum atomic E-state index is -0.732. The maximum atomic E-state index is 13.3. The van der Waals surface area contributed by atoms with E-state index in [1.807, 2.05) is 26.0 Å². The highest BCUT2D eigenvalue weighted by Gasteiger charge is 2.46. The summed E-state index contributed by atoms with van der Waals surface area (Å²) in [4.78, 5) is 30.4. The molecule has 2 aromatic rings. The number of morpholine rings is 1. The van der Waals surface area contributed by atoms with E-state index in [9.17, 15) is 14.7 Å². The van der Waals surface area contributed by atoms with Crippen LogP contribution < -0.4 is 9.47 Å². The molecule has 4 rings (SSSR count). The number of ketones is 1. The van der Waals surface area contributed by atoms with Gasteiger partial charge < -0.3 is 24.2 Å². The van der Waals surface area contributed by atoms with Crippen molar-refractivity contribution in [1.82, 2.24) is 9.80 Å². The van der Waals surface area contributed by atoms with Crippen LogP contribution >= 0.6 is 0 Å². The van der Waals surface area contributed by atoms with Crippen LogP contribution in [0.5, 0.6) is 11.5 Å². The number of nitrogens with zero attached hydrogens (tertiary/aromatic N) is 2. The van der Waals surface area contributed by atoms with E-state index in [4.69, 9.17) is 14.2 Å². The topological polar surface area (TPSA) is 88.5 Å². The molecule has 0 aromatic heterocycles. The highest BCUT2D eigenvalue weighted by Crippen LogP contribution is 2.42. The van der Waals surface area contributed by atoms with Crippen LogP contribution in [0.15, 0.2) is 54.1 Å². The lowest BCUT2D eigenvalue weighted by molar-refractivity contribution is -0.140. The highest BCUT2D eigenvalue weighted by atomic mass is 16.5. The summed E-state index contributed by atoms with van der Waals surface area (Å²) in [5.41, 5.74) is 1.26. The van der Waals surface area contributed by atoms with Crippen LogP contribution in [0.25, 0.3) is 5.76 Å². The van der Waals surface area contributed by atoms with Crippen LogP contribution in [0.2, 0.25) is 0 Å². The van der Waals surface area contributed by atoms with Gasteiger partial charge in [0.2, 0.25) is 0 Å². The van der Waals surface area contributed by atoms with Crippen molar-refractivity contribution in [3.63, 3.8) is 0 Å². The average Bonchev–Trinajstić information content (AvgIpc) is 3.16. The van der Waals surface area contributed by atoms with Crippen molar-refractivity contribution in [2.75, 3.05) is 52.6 Å². The first-order chi connectivity index (χ1) is 17.5. The molecule has 0 unspecified atom stereocenters. The molecule has 2 fully saturated rings. The van der Waals surface area contributed by atoms with Gasteiger partial charge in [0.05, 0.1) is 38.0 Å². The molecule has 2 heterocycles. The van der Waals surface area contributed by atoms with Crippen LogP contribution in [0.4, 0.5) is 0 Å². The van der Waals surface area contributed by atoms with E-state index in [0.29, 0.717) is 62.0 Å². The van der Waals surface area contributed by atoms with E-state index in [1.54, 1.807) is 41.3 Å². The van der Waals surface area contributed by atoms with Gasteiger partial charge in [-0.15, -0.1) is 0 Å². The lowest BCUT2D eigenvalue weighted by Crippen LogP contribution is -2.39. The predicted molar refractivity (Wildman–Crippen MR) is 136 cm³/mol. The predicted octanol–water partition coefficient (Wildman–Crippen LogP) is 3.63. The third kappa shape index (κ3) is 5.55. The summed E-state index contributed by atoms with van der Waals surface area (Å²) < 4.78 is 16.9. The molecular weight excluding hydrogens is 460 g/mol. The van der Waals surface area contributed by atoms with Crippen molar-refractivity contribution >= 4 is 17.4 Å². The molecule has 192 valence electrons.